The van der Waals surface area contributed by atoms with Gasteiger partial charge in [0.2, 0.25) is 0 Å². The minimum absolute atomic E-state index is 0.291. The zero-order valence-electron chi connectivity index (χ0n) is 13.1. The number of aryl methyl sites for hydroxylation is 1. The first kappa shape index (κ1) is 16.4. The molecule has 1 aliphatic rings. The molecule has 118 valence electrons. The summed E-state index contributed by atoms with van der Waals surface area (Å²) in [5, 5.41) is 3.42. The zero-order chi connectivity index (χ0) is 14.8. The number of aromatic nitrogens is 1. The van der Waals surface area contributed by atoms with Crippen LogP contribution >= 0.6 is 0 Å². The Kier molecular flexibility index (Phi) is 7.71. The summed E-state index contributed by atoms with van der Waals surface area (Å²) in [7, 11) is 0. The van der Waals surface area contributed by atoms with Crippen LogP contribution in [0.15, 0.2) is 24.5 Å². The van der Waals surface area contributed by atoms with Gasteiger partial charge in [0.15, 0.2) is 0 Å². The van der Waals surface area contributed by atoms with Gasteiger partial charge in [-0.1, -0.05) is 6.92 Å². The molecule has 4 nitrogen and oxygen atoms in total. The second-order valence-electron chi connectivity index (χ2n) is 5.70. The Morgan fingerprint density at radius 1 is 1.29 bits per heavy atom. The Balaban J connectivity index is 1.48. The minimum atomic E-state index is 0.291. The van der Waals surface area contributed by atoms with E-state index in [1.54, 1.807) is 0 Å². The van der Waals surface area contributed by atoms with E-state index in [2.05, 4.69) is 29.4 Å². The van der Waals surface area contributed by atoms with Crippen molar-refractivity contribution in [2.75, 3.05) is 26.3 Å². The number of nitrogens with zero attached hydrogens (tertiary/aromatic N) is 1. The first-order chi connectivity index (χ1) is 10.4. The van der Waals surface area contributed by atoms with Crippen molar-refractivity contribution in [1.29, 1.82) is 0 Å². The summed E-state index contributed by atoms with van der Waals surface area (Å²) in [6.45, 7) is 5.79. The topological polar surface area (TPSA) is 43.4 Å². The summed E-state index contributed by atoms with van der Waals surface area (Å²) in [4.78, 5) is 4.02. The Bertz CT molecular complexity index is 372. The lowest BCUT2D eigenvalue weighted by Gasteiger charge is -2.14. The third-order valence-corrected chi connectivity index (χ3v) is 3.80. The highest BCUT2D eigenvalue weighted by atomic mass is 16.5. The highest BCUT2D eigenvalue weighted by molar-refractivity contribution is 5.09. The molecule has 0 amide bonds. The maximum absolute atomic E-state index is 5.98. The van der Waals surface area contributed by atoms with E-state index in [9.17, 15) is 0 Å². The lowest BCUT2D eigenvalue weighted by molar-refractivity contribution is -0.0145. The Morgan fingerprint density at radius 2 is 2.10 bits per heavy atom. The predicted octanol–water partition coefficient (Wildman–Crippen LogP) is 2.58. The molecule has 2 heterocycles. The second kappa shape index (κ2) is 9.87. The Hall–Kier alpha value is -0.970. The molecule has 2 unspecified atom stereocenters. The van der Waals surface area contributed by atoms with Gasteiger partial charge in [-0.3, -0.25) is 4.98 Å². The van der Waals surface area contributed by atoms with Gasteiger partial charge >= 0.3 is 0 Å². The van der Waals surface area contributed by atoms with E-state index in [1.165, 1.54) is 12.0 Å². The third kappa shape index (κ3) is 6.55. The molecule has 0 aliphatic carbocycles. The van der Waals surface area contributed by atoms with E-state index in [1.807, 2.05) is 12.4 Å². The molecule has 0 saturated carbocycles. The standard InChI is InChI=1S/C17H28N2O2/c1-2-9-19-13-16-5-6-17(21-16)14-20-12-3-4-15-7-10-18-11-8-15/h7-8,10-11,16-17,19H,2-6,9,12-14H2,1H3. The number of rotatable bonds is 10. The van der Waals surface area contributed by atoms with Gasteiger partial charge in [0.25, 0.3) is 0 Å². The van der Waals surface area contributed by atoms with E-state index in [0.29, 0.717) is 12.2 Å². The number of hydrogen-bond acceptors (Lipinski definition) is 4. The number of pyridine rings is 1. The van der Waals surface area contributed by atoms with Crippen molar-refractivity contribution in [1.82, 2.24) is 10.3 Å². The lowest BCUT2D eigenvalue weighted by atomic mass is 10.1. The molecular formula is C17H28N2O2. The van der Waals surface area contributed by atoms with Crippen LogP contribution in [-0.2, 0) is 15.9 Å². The second-order valence-corrected chi connectivity index (χ2v) is 5.70. The van der Waals surface area contributed by atoms with Crippen LogP contribution in [0.2, 0.25) is 0 Å². The molecule has 2 atom stereocenters. The summed E-state index contributed by atoms with van der Waals surface area (Å²) in [5.74, 6) is 0. The summed E-state index contributed by atoms with van der Waals surface area (Å²) >= 11 is 0. The monoisotopic (exact) mass is 292 g/mol. The van der Waals surface area contributed by atoms with Crippen LogP contribution in [0.4, 0.5) is 0 Å². The molecule has 4 heteroatoms. The summed E-state index contributed by atoms with van der Waals surface area (Å²) in [6.07, 6.45) is 9.92. The van der Waals surface area contributed by atoms with Crippen LogP contribution in [-0.4, -0.2) is 43.5 Å². The Labute approximate surface area is 128 Å². The lowest BCUT2D eigenvalue weighted by Crippen LogP contribution is -2.28. The van der Waals surface area contributed by atoms with Crippen molar-refractivity contribution in [2.45, 2.75) is 51.2 Å². The molecule has 1 saturated heterocycles. The highest BCUT2D eigenvalue weighted by Gasteiger charge is 2.24. The SMILES string of the molecule is CCCNCC1CCC(COCCCc2ccncc2)O1. The average Bonchev–Trinajstić information content (AvgIpc) is 2.96. The van der Waals surface area contributed by atoms with Gasteiger partial charge in [-0.2, -0.15) is 0 Å². The number of ether oxygens (including phenoxy) is 2. The summed E-state index contributed by atoms with van der Waals surface area (Å²) < 4.78 is 11.7. The molecule has 0 radical (unpaired) electrons. The molecule has 2 rings (SSSR count). The van der Waals surface area contributed by atoms with Crippen LogP contribution in [0.3, 0.4) is 0 Å². The van der Waals surface area contributed by atoms with Crippen LogP contribution < -0.4 is 5.32 Å². The van der Waals surface area contributed by atoms with E-state index in [4.69, 9.17) is 9.47 Å². The van der Waals surface area contributed by atoms with Gasteiger partial charge in [0.05, 0.1) is 18.8 Å². The van der Waals surface area contributed by atoms with Gasteiger partial charge in [-0.25, -0.2) is 0 Å². The van der Waals surface area contributed by atoms with Crippen molar-refractivity contribution >= 4 is 0 Å². The normalized spacial score (nSPS) is 21.8. The fourth-order valence-electron chi connectivity index (χ4n) is 2.64. The molecule has 0 aromatic carbocycles. The van der Waals surface area contributed by atoms with Crippen molar-refractivity contribution in [3.8, 4) is 0 Å². The van der Waals surface area contributed by atoms with Crippen molar-refractivity contribution < 1.29 is 9.47 Å². The molecule has 0 bridgehead atoms. The average molecular weight is 292 g/mol. The van der Waals surface area contributed by atoms with E-state index >= 15 is 0 Å². The molecule has 21 heavy (non-hydrogen) atoms. The zero-order valence-corrected chi connectivity index (χ0v) is 13.1. The molecule has 1 aromatic heterocycles. The number of nitrogens with one attached hydrogen (secondary N) is 1. The van der Waals surface area contributed by atoms with Crippen LogP contribution in [0, 0.1) is 0 Å². The maximum Gasteiger partial charge on any atom is 0.0813 e. The van der Waals surface area contributed by atoms with Crippen molar-refractivity contribution in [3.63, 3.8) is 0 Å². The van der Waals surface area contributed by atoms with E-state index < -0.39 is 0 Å². The van der Waals surface area contributed by atoms with Crippen LogP contribution in [0.25, 0.3) is 0 Å². The third-order valence-electron chi connectivity index (χ3n) is 3.80. The summed E-state index contributed by atoms with van der Waals surface area (Å²) in [6, 6.07) is 4.13. The highest BCUT2D eigenvalue weighted by Crippen LogP contribution is 2.19. The fraction of sp³-hybridized carbons (Fsp3) is 0.706. The molecule has 1 aromatic rings. The molecule has 1 fully saturated rings. The first-order valence-electron chi connectivity index (χ1n) is 8.21. The van der Waals surface area contributed by atoms with Gasteiger partial charge < -0.3 is 14.8 Å². The molecule has 1 aliphatic heterocycles. The number of hydrogen-bond donors (Lipinski definition) is 1. The van der Waals surface area contributed by atoms with Gasteiger partial charge in [-0.05, 0) is 56.3 Å². The van der Waals surface area contributed by atoms with Crippen molar-refractivity contribution in [2.24, 2.45) is 0 Å². The van der Waals surface area contributed by atoms with Crippen LogP contribution in [0.1, 0.15) is 38.2 Å². The van der Waals surface area contributed by atoms with Crippen LogP contribution in [0.5, 0.6) is 0 Å². The smallest absolute Gasteiger partial charge is 0.0813 e. The van der Waals surface area contributed by atoms with Gasteiger partial charge in [0.1, 0.15) is 0 Å². The Morgan fingerprint density at radius 3 is 2.90 bits per heavy atom. The fourth-order valence-corrected chi connectivity index (χ4v) is 2.64. The predicted molar refractivity (Wildman–Crippen MR) is 84.4 cm³/mol. The molecular weight excluding hydrogens is 264 g/mol. The maximum atomic E-state index is 5.98. The van der Waals surface area contributed by atoms with Gasteiger partial charge in [0, 0.05) is 25.5 Å². The summed E-state index contributed by atoms with van der Waals surface area (Å²) in [5.41, 5.74) is 1.33. The van der Waals surface area contributed by atoms with E-state index in [0.717, 1.165) is 52.0 Å². The molecule has 0 spiro atoms. The quantitative estimate of drug-likeness (QED) is 0.673. The van der Waals surface area contributed by atoms with Gasteiger partial charge in [-0.15, -0.1) is 0 Å². The first-order valence-corrected chi connectivity index (χ1v) is 8.21. The van der Waals surface area contributed by atoms with E-state index in [-0.39, 0.29) is 0 Å². The largest absolute Gasteiger partial charge is 0.379 e. The molecule has 1 N–H and O–H groups in total. The minimum Gasteiger partial charge on any atom is -0.379 e. The van der Waals surface area contributed by atoms with Crippen molar-refractivity contribution in [3.05, 3.63) is 30.1 Å².